The van der Waals surface area contributed by atoms with Crippen molar-refractivity contribution in [3.63, 3.8) is 0 Å². The Hall–Kier alpha value is -3.12. The molecule has 2 nitrogen and oxygen atoms in total. The Morgan fingerprint density at radius 1 is 0.487 bits per heavy atom. The second kappa shape index (κ2) is 12.0. The van der Waals surface area contributed by atoms with Crippen LogP contribution in [0.4, 0.5) is 0 Å². The van der Waals surface area contributed by atoms with Crippen molar-refractivity contribution in [2.45, 2.75) is 52.4 Å². The highest BCUT2D eigenvalue weighted by Crippen LogP contribution is 2.42. The van der Waals surface area contributed by atoms with Crippen molar-refractivity contribution in [2.24, 2.45) is 0 Å². The summed E-state index contributed by atoms with van der Waals surface area (Å²) in [6.07, 6.45) is 7.27. The van der Waals surface area contributed by atoms with E-state index < -0.39 is 0 Å². The zero-order valence-corrected chi connectivity index (χ0v) is 24.9. The molecule has 0 bridgehead atoms. The monoisotopic (exact) mass is 564 g/mol. The van der Waals surface area contributed by atoms with E-state index in [1.807, 2.05) is 22.7 Å². The molecule has 196 valence electrons. The minimum Gasteiger partial charge on any atom is -0.172 e. The molecule has 3 aromatic heterocycles. The maximum atomic E-state index is 4.74. The summed E-state index contributed by atoms with van der Waals surface area (Å²) in [5.74, 6) is 0. The smallest absolute Gasteiger partial charge is 0.114 e. The summed E-state index contributed by atoms with van der Waals surface area (Å²) in [5.41, 5.74) is 9.72. The second-order valence-electron chi connectivity index (χ2n) is 10.1. The number of thiophene rings is 2. The third-order valence-corrected chi connectivity index (χ3v) is 10.1. The number of aryl methyl sites for hydroxylation is 2. The van der Waals surface area contributed by atoms with Gasteiger partial charge in [0.05, 0.1) is 11.7 Å². The number of nitrogens with zero attached hydrogens (tertiary/aromatic N) is 2. The van der Waals surface area contributed by atoms with Crippen LogP contribution >= 0.6 is 34.4 Å². The first-order chi connectivity index (χ1) is 19.2. The summed E-state index contributed by atoms with van der Waals surface area (Å²) in [7, 11) is 0. The van der Waals surface area contributed by atoms with Crippen LogP contribution in [0.5, 0.6) is 0 Å². The Morgan fingerprint density at radius 2 is 0.897 bits per heavy atom. The molecule has 0 aliphatic heterocycles. The van der Waals surface area contributed by atoms with Crippen LogP contribution in [0.2, 0.25) is 0 Å². The number of hydrogen-bond acceptors (Lipinski definition) is 5. The SMILES string of the molecule is CCCCc1ccc(-c2ccc(-c3ccc(-c4ccc(-c5ccc(CCCC)cc5)s4)c4nsnc34)s2)cc1. The van der Waals surface area contributed by atoms with Gasteiger partial charge in [0.1, 0.15) is 11.0 Å². The minimum atomic E-state index is 0.996. The van der Waals surface area contributed by atoms with E-state index in [2.05, 4.69) is 98.8 Å². The van der Waals surface area contributed by atoms with Gasteiger partial charge in [-0.05, 0) is 72.2 Å². The number of fused-ring (bicyclic) bond motifs is 1. The number of aromatic nitrogens is 2. The van der Waals surface area contributed by atoms with Crippen molar-refractivity contribution in [2.75, 3.05) is 0 Å². The highest BCUT2D eigenvalue weighted by Gasteiger charge is 2.16. The van der Waals surface area contributed by atoms with Crippen molar-refractivity contribution < 1.29 is 0 Å². The molecule has 5 heteroatoms. The Labute approximate surface area is 243 Å². The van der Waals surface area contributed by atoms with Crippen LogP contribution in [0.25, 0.3) is 52.8 Å². The summed E-state index contributed by atoms with van der Waals surface area (Å²) in [5, 5.41) is 0. The first-order valence-electron chi connectivity index (χ1n) is 13.9. The minimum absolute atomic E-state index is 0.996. The van der Waals surface area contributed by atoms with E-state index in [0.29, 0.717) is 0 Å². The van der Waals surface area contributed by atoms with E-state index in [1.165, 1.54) is 79.2 Å². The average Bonchev–Trinajstić information content (AvgIpc) is 3.76. The van der Waals surface area contributed by atoms with Gasteiger partial charge in [0.25, 0.3) is 0 Å². The number of rotatable bonds is 10. The molecule has 6 rings (SSSR count). The summed E-state index contributed by atoms with van der Waals surface area (Å²) in [6, 6.07) is 31.5. The summed E-state index contributed by atoms with van der Waals surface area (Å²) in [6.45, 7) is 4.49. The molecule has 6 aromatic rings. The standard InChI is InChI=1S/C34H32N2S3/c1-3-5-7-23-9-13-25(14-10-23)29-19-21-31(37-29)27-17-18-28(34-33(27)35-39-36-34)32-22-20-30(38-32)26-15-11-24(12-16-26)8-6-4-2/h9-22H,3-8H2,1-2H3. The highest BCUT2D eigenvalue weighted by molar-refractivity contribution is 7.19. The summed E-state index contributed by atoms with van der Waals surface area (Å²) in [4.78, 5) is 5.05. The molecule has 0 radical (unpaired) electrons. The van der Waals surface area contributed by atoms with E-state index in [0.717, 1.165) is 35.0 Å². The van der Waals surface area contributed by atoms with E-state index in [-0.39, 0.29) is 0 Å². The number of benzene rings is 3. The Bertz CT molecular complexity index is 1550. The normalized spacial score (nSPS) is 11.4. The predicted molar refractivity (Wildman–Crippen MR) is 172 cm³/mol. The molecule has 0 unspecified atom stereocenters. The Kier molecular flexibility index (Phi) is 8.00. The molecule has 3 heterocycles. The fourth-order valence-corrected chi connectivity index (χ4v) is 7.62. The van der Waals surface area contributed by atoms with Gasteiger partial charge in [-0.3, -0.25) is 0 Å². The molecular weight excluding hydrogens is 533 g/mol. The zero-order chi connectivity index (χ0) is 26.6. The van der Waals surface area contributed by atoms with Crippen LogP contribution in [-0.4, -0.2) is 8.75 Å². The third-order valence-electron chi connectivity index (χ3n) is 7.27. The average molecular weight is 565 g/mol. The number of hydrogen-bond donors (Lipinski definition) is 0. The van der Waals surface area contributed by atoms with Crippen molar-refractivity contribution >= 4 is 45.4 Å². The third kappa shape index (κ3) is 5.62. The first kappa shape index (κ1) is 26.1. The van der Waals surface area contributed by atoms with E-state index in [9.17, 15) is 0 Å². The quantitative estimate of drug-likeness (QED) is 0.165. The van der Waals surface area contributed by atoms with Crippen LogP contribution < -0.4 is 0 Å². The van der Waals surface area contributed by atoms with Crippen molar-refractivity contribution in [3.05, 3.63) is 96.1 Å². The van der Waals surface area contributed by atoms with E-state index >= 15 is 0 Å². The van der Waals surface area contributed by atoms with Gasteiger partial charge in [0.2, 0.25) is 0 Å². The van der Waals surface area contributed by atoms with Gasteiger partial charge in [-0.15, -0.1) is 22.7 Å². The van der Waals surface area contributed by atoms with Crippen molar-refractivity contribution in [3.8, 4) is 41.8 Å². The molecule has 0 atom stereocenters. The van der Waals surface area contributed by atoms with Crippen molar-refractivity contribution in [1.29, 1.82) is 0 Å². The van der Waals surface area contributed by atoms with Gasteiger partial charge in [-0.2, -0.15) is 8.75 Å². The van der Waals surface area contributed by atoms with Crippen LogP contribution in [0.1, 0.15) is 50.7 Å². The molecule has 0 amide bonds. The van der Waals surface area contributed by atoms with Gasteiger partial charge in [0, 0.05) is 30.6 Å². The van der Waals surface area contributed by atoms with Gasteiger partial charge in [-0.25, -0.2) is 0 Å². The second-order valence-corrected chi connectivity index (χ2v) is 12.7. The van der Waals surface area contributed by atoms with Crippen LogP contribution in [0.3, 0.4) is 0 Å². The molecule has 3 aromatic carbocycles. The molecule has 39 heavy (non-hydrogen) atoms. The summed E-state index contributed by atoms with van der Waals surface area (Å²) >= 11 is 4.96. The van der Waals surface area contributed by atoms with Gasteiger partial charge in [-0.1, -0.05) is 87.4 Å². The van der Waals surface area contributed by atoms with Gasteiger partial charge in [0.15, 0.2) is 0 Å². The lowest BCUT2D eigenvalue weighted by molar-refractivity contribution is 0.795. The Balaban J connectivity index is 1.26. The van der Waals surface area contributed by atoms with Gasteiger partial charge < -0.3 is 0 Å². The lowest BCUT2D eigenvalue weighted by atomic mass is 10.0. The molecular formula is C34H32N2S3. The maximum absolute atomic E-state index is 4.74. The summed E-state index contributed by atoms with van der Waals surface area (Å²) < 4.78 is 9.49. The number of unbranched alkanes of at least 4 members (excludes halogenated alkanes) is 2. The molecule has 0 saturated carbocycles. The predicted octanol–water partition coefficient (Wildman–Crippen LogP) is 11.2. The van der Waals surface area contributed by atoms with E-state index in [4.69, 9.17) is 8.75 Å². The fourth-order valence-electron chi connectivity index (χ4n) is 4.97. The van der Waals surface area contributed by atoms with Gasteiger partial charge >= 0.3 is 0 Å². The lowest BCUT2D eigenvalue weighted by Gasteiger charge is -2.04. The van der Waals surface area contributed by atoms with E-state index in [1.54, 1.807) is 0 Å². The van der Waals surface area contributed by atoms with Crippen LogP contribution in [-0.2, 0) is 12.8 Å². The molecule has 0 aliphatic carbocycles. The fraction of sp³-hybridized carbons (Fsp3) is 0.235. The maximum Gasteiger partial charge on any atom is 0.114 e. The highest BCUT2D eigenvalue weighted by atomic mass is 32.1. The van der Waals surface area contributed by atoms with Crippen molar-refractivity contribution in [1.82, 2.24) is 8.75 Å². The zero-order valence-electron chi connectivity index (χ0n) is 22.4. The molecule has 0 saturated heterocycles. The molecule has 0 aliphatic rings. The first-order valence-corrected chi connectivity index (χ1v) is 16.2. The Morgan fingerprint density at radius 3 is 1.31 bits per heavy atom. The van der Waals surface area contributed by atoms with Crippen LogP contribution in [0.15, 0.2) is 84.9 Å². The molecule has 0 N–H and O–H groups in total. The largest absolute Gasteiger partial charge is 0.172 e. The molecule has 0 fully saturated rings. The van der Waals surface area contributed by atoms with Crippen LogP contribution in [0, 0.1) is 0 Å². The topological polar surface area (TPSA) is 25.8 Å². The lowest BCUT2D eigenvalue weighted by Crippen LogP contribution is -1.84. The molecule has 0 spiro atoms.